The molecule has 196 valence electrons. The van der Waals surface area contributed by atoms with Crippen LogP contribution in [-0.4, -0.2) is 44.0 Å². The first-order valence-corrected chi connectivity index (χ1v) is 11.9. The third-order valence-electron chi connectivity index (χ3n) is 5.74. The van der Waals surface area contributed by atoms with E-state index in [1.54, 1.807) is 79.9 Å². The first kappa shape index (κ1) is 26.2. The molecule has 1 fully saturated rings. The van der Waals surface area contributed by atoms with Gasteiger partial charge >= 0.3 is 5.97 Å². The Morgan fingerprint density at radius 1 is 0.842 bits per heavy atom. The number of anilines is 3. The fraction of sp³-hybridized carbons (Fsp3) is 0.214. The molecule has 0 unspecified atom stereocenters. The Morgan fingerprint density at radius 3 is 1.97 bits per heavy atom. The van der Waals surface area contributed by atoms with E-state index in [4.69, 9.17) is 14.2 Å². The molecule has 10 heteroatoms. The van der Waals surface area contributed by atoms with Gasteiger partial charge in [-0.05, 0) is 72.8 Å². The van der Waals surface area contributed by atoms with Crippen LogP contribution in [0.25, 0.3) is 0 Å². The van der Waals surface area contributed by atoms with Crippen molar-refractivity contribution in [1.82, 2.24) is 0 Å². The maximum absolute atomic E-state index is 12.6. The molecule has 0 spiro atoms. The van der Waals surface area contributed by atoms with Gasteiger partial charge in [0.2, 0.25) is 11.8 Å². The van der Waals surface area contributed by atoms with E-state index < -0.39 is 24.4 Å². The van der Waals surface area contributed by atoms with Crippen molar-refractivity contribution in [3.8, 4) is 17.2 Å². The number of carbonyl (C=O) groups excluding carboxylic acids is 4. The van der Waals surface area contributed by atoms with Crippen LogP contribution < -0.4 is 25.0 Å². The van der Waals surface area contributed by atoms with Gasteiger partial charge < -0.3 is 29.7 Å². The van der Waals surface area contributed by atoms with E-state index in [1.165, 1.54) is 11.8 Å². The van der Waals surface area contributed by atoms with E-state index in [2.05, 4.69) is 10.6 Å². The van der Waals surface area contributed by atoms with Crippen molar-refractivity contribution in [2.45, 2.75) is 13.3 Å². The number of nitrogens with one attached hydrogen (secondary N) is 2. The maximum atomic E-state index is 12.6. The molecule has 4 rings (SSSR count). The zero-order chi connectivity index (χ0) is 27.1. The Hall–Kier alpha value is -4.86. The summed E-state index contributed by atoms with van der Waals surface area (Å²) in [5.74, 6) is -0.253. The van der Waals surface area contributed by atoms with Crippen LogP contribution in [0.4, 0.5) is 17.1 Å². The number of benzene rings is 3. The van der Waals surface area contributed by atoms with Crippen molar-refractivity contribution < 1.29 is 33.4 Å². The van der Waals surface area contributed by atoms with Crippen molar-refractivity contribution in [3.05, 3.63) is 72.8 Å². The molecule has 38 heavy (non-hydrogen) atoms. The molecule has 2 N–H and O–H groups in total. The van der Waals surface area contributed by atoms with Crippen molar-refractivity contribution in [2.75, 3.05) is 35.8 Å². The van der Waals surface area contributed by atoms with Gasteiger partial charge in [-0.3, -0.25) is 19.2 Å². The minimum absolute atomic E-state index is 0.00480. The highest BCUT2D eigenvalue weighted by molar-refractivity contribution is 6.00. The molecule has 0 aliphatic carbocycles. The molecule has 1 aliphatic heterocycles. The third kappa shape index (κ3) is 6.88. The Kier molecular flexibility index (Phi) is 8.22. The highest BCUT2D eigenvalue weighted by Crippen LogP contribution is 2.29. The van der Waals surface area contributed by atoms with Crippen LogP contribution in [0.1, 0.15) is 13.3 Å². The molecule has 3 amide bonds. The first-order valence-electron chi connectivity index (χ1n) is 11.9. The van der Waals surface area contributed by atoms with Crippen LogP contribution in [0.3, 0.4) is 0 Å². The summed E-state index contributed by atoms with van der Waals surface area (Å²) in [6, 6.07) is 20.6. The number of methoxy groups -OCH3 is 1. The van der Waals surface area contributed by atoms with E-state index >= 15 is 0 Å². The summed E-state index contributed by atoms with van der Waals surface area (Å²) in [4.78, 5) is 49.9. The molecular weight excluding hydrogens is 490 g/mol. The van der Waals surface area contributed by atoms with Gasteiger partial charge in [0.25, 0.3) is 5.91 Å². The van der Waals surface area contributed by atoms with Gasteiger partial charge in [0.15, 0.2) is 6.61 Å². The highest BCUT2D eigenvalue weighted by atomic mass is 16.5. The van der Waals surface area contributed by atoms with Crippen molar-refractivity contribution >= 4 is 40.8 Å². The van der Waals surface area contributed by atoms with Crippen LogP contribution in [0.5, 0.6) is 17.2 Å². The van der Waals surface area contributed by atoms with Gasteiger partial charge in [-0.15, -0.1) is 0 Å². The predicted molar refractivity (Wildman–Crippen MR) is 140 cm³/mol. The van der Waals surface area contributed by atoms with Gasteiger partial charge in [0, 0.05) is 37.0 Å². The quantitative estimate of drug-likeness (QED) is 0.412. The molecule has 0 saturated carbocycles. The predicted octanol–water partition coefficient (Wildman–Crippen LogP) is 3.98. The van der Waals surface area contributed by atoms with Gasteiger partial charge in [-0.25, -0.2) is 0 Å². The molecule has 0 bridgehead atoms. The molecular formula is C28H27N3O7. The minimum Gasteiger partial charge on any atom is -0.497 e. The van der Waals surface area contributed by atoms with E-state index in [1.807, 2.05) is 0 Å². The molecule has 3 aromatic rings. The molecule has 0 aromatic heterocycles. The Labute approximate surface area is 219 Å². The maximum Gasteiger partial charge on any atom is 0.311 e. The van der Waals surface area contributed by atoms with Crippen LogP contribution in [-0.2, 0) is 23.9 Å². The average molecular weight is 518 g/mol. The topological polar surface area (TPSA) is 123 Å². The minimum atomic E-state index is -0.678. The lowest BCUT2D eigenvalue weighted by atomic mass is 10.1. The Bertz CT molecular complexity index is 1310. The monoisotopic (exact) mass is 517 g/mol. The van der Waals surface area contributed by atoms with Gasteiger partial charge in [0.1, 0.15) is 17.2 Å². The average Bonchev–Trinajstić information content (AvgIpc) is 3.30. The number of nitrogens with zero attached hydrogens (tertiary/aromatic N) is 1. The van der Waals surface area contributed by atoms with E-state index in [-0.39, 0.29) is 24.8 Å². The zero-order valence-corrected chi connectivity index (χ0v) is 20.9. The summed E-state index contributed by atoms with van der Waals surface area (Å²) in [7, 11) is 1.59. The lowest BCUT2D eigenvalue weighted by Crippen LogP contribution is -2.28. The summed E-state index contributed by atoms with van der Waals surface area (Å²) in [5, 5.41) is 5.24. The number of amides is 3. The van der Waals surface area contributed by atoms with Crippen molar-refractivity contribution in [2.24, 2.45) is 5.92 Å². The lowest BCUT2D eigenvalue weighted by molar-refractivity contribution is -0.151. The Morgan fingerprint density at radius 2 is 1.39 bits per heavy atom. The lowest BCUT2D eigenvalue weighted by Gasteiger charge is -2.17. The zero-order valence-electron chi connectivity index (χ0n) is 20.9. The van der Waals surface area contributed by atoms with E-state index in [0.29, 0.717) is 28.6 Å². The fourth-order valence-corrected chi connectivity index (χ4v) is 3.88. The third-order valence-corrected chi connectivity index (χ3v) is 5.74. The second-order valence-electron chi connectivity index (χ2n) is 8.59. The smallest absolute Gasteiger partial charge is 0.311 e. The molecule has 1 aliphatic rings. The van der Waals surface area contributed by atoms with Gasteiger partial charge in [-0.2, -0.15) is 0 Å². The summed E-state index contributed by atoms with van der Waals surface area (Å²) in [5.41, 5.74) is 1.71. The molecule has 10 nitrogen and oxygen atoms in total. The molecule has 1 heterocycles. The fourth-order valence-electron chi connectivity index (χ4n) is 3.88. The van der Waals surface area contributed by atoms with Gasteiger partial charge in [0.05, 0.1) is 13.0 Å². The van der Waals surface area contributed by atoms with E-state index in [9.17, 15) is 19.2 Å². The number of hydrogen-bond donors (Lipinski definition) is 2. The standard InChI is InChI=1S/C28H27N3O7/c1-18(32)29-20-3-5-21(6-4-20)30-26(33)17-37-28(35)19-15-27(34)31(16-19)22-7-9-24(10-8-22)38-25-13-11-23(36-2)12-14-25/h3-14,19H,15-17H2,1-2H3,(H,29,32)(H,30,33)/t19-/m0/s1. The molecule has 0 radical (unpaired) electrons. The number of rotatable bonds is 9. The highest BCUT2D eigenvalue weighted by Gasteiger charge is 2.36. The van der Waals surface area contributed by atoms with Gasteiger partial charge in [-0.1, -0.05) is 0 Å². The molecule has 1 saturated heterocycles. The number of esters is 1. The molecule has 3 aromatic carbocycles. The second-order valence-corrected chi connectivity index (χ2v) is 8.59. The number of carbonyl (C=O) groups is 4. The number of ether oxygens (including phenoxy) is 3. The van der Waals surface area contributed by atoms with Crippen molar-refractivity contribution in [1.29, 1.82) is 0 Å². The number of hydrogen-bond acceptors (Lipinski definition) is 7. The van der Waals surface area contributed by atoms with Crippen LogP contribution in [0.2, 0.25) is 0 Å². The van der Waals surface area contributed by atoms with Crippen LogP contribution in [0, 0.1) is 5.92 Å². The van der Waals surface area contributed by atoms with Crippen molar-refractivity contribution in [3.63, 3.8) is 0 Å². The first-order chi connectivity index (χ1) is 18.3. The van der Waals surface area contributed by atoms with Crippen LogP contribution in [0.15, 0.2) is 72.8 Å². The summed E-state index contributed by atoms with van der Waals surface area (Å²) in [6.07, 6.45) is -0.00480. The SMILES string of the molecule is COc1ccc(Oc2ccc(N3C[C@@H](C(=O)OCC(=O)Nc4ccc(NC(C)=O)cc4)CC3=O)cc2)cc1. The Balaban J connectivity index is 1.25. The summed E-state index contributed by atoms with van der Waals surface area (Å²) < 4.78 is 16.1. The summed E-state index contributed by atoms with van der Waals surface area (Å²) >= 11 is 0. The van der Waals surface area contributed by atoms with E-state index in [0.717, 1.165) is 5.75 Å². The molecule has 1 atom stereocenters. The van der Waals surface area contributed by atoms with Crippen LogP contribution >= 0.6 is 0 Å². The summed E-state index contributed by atoms with van der Waals surface area (Å²) in [6.45, 7) is 1.08. The normalized spacial score (nSPS) is 14.5. The largest absolute Gasteiger partial charge is 0.497 e. The second kappa shape index (κ2) is 11.9.